The van der Waals surface area contributed by atoms with Crippen LogP contribution in [0.4, 0.5) is 0 Å². The highest BCUT2D eigenvalue weighted by molar-refractivity contribution is 5.79. The summed E-state index contributed by atoms with van der Waals surface area (Å²) in [5.74, 6) is 0.841. The number of carbonyl (C=O) groups excluding carboxylic acids is 1. The summed E-state index contributed by atoms with van der Waals surface area (Å²) in [6.07, 6.45) is 6.74. The first-order chi connectivity index (χ1) is 8.70. The monoisotopic (exact) mass is 253 g/mol. The quantitative estimate of drug-likeness (QED) is 0.788. The Morgan fingerprint density at radius 2 is 1.89 bits per heavy atom. The number of hydrogen-bond acceptors (Lipinski definition) is 3. The standard InChI is InChI=1S/C14H27N3O/c1-17-8-6-12(7-9-17)16-14(18)13-5-3-2-4-11(13)10-15/h11-13H,2-10,15H2,1H3,(H,16,18). The van der Waals surface area contributed by atoms with Crippen molar-refractivity contribution in [3.8, 4) is 0 Å². The van der Waals surface area contributed by atoms with E-state index in [1.807, 2.05) is 0 Å². The molecule has 2 rings (SSSR count). The van der Waals surface area contributed by atoms with Crippen LogP contribution < -0.4 is 11.1 Å². The molecule has 0 bridgehead atoms. The highest BCUT2D eigenvalue weighted by atomic mass is 16.2. The van der Waals surface area contributed by atoms with Gasteiger partial charge in [0.05, 0.1) is 0 Å². The first-order valence-corrected chi connectivity index (χ1v) is 7.39. The predicted molar refractivity (Wildman–Crippen MR) is 73.2 cm³/mol. The third-order valence-electron chi connectivity index (χ3n) is 4.61. The van der Waals surface area contributed by atoms with Gasteiger partial charge in [0.25, 0.3) is 0 Å². The fourth-order valence-corrected chi connectivity index (χ4v) is 3.30. The third kappa shape index (κ3) is 3.45. The lowest BCUT2D eigenvalue weighted by Crippen LogP contribution is -2.47. The first-order valence-electron chi connectivity index (χ1n) is 7.39. The van der Waals surface area contributed by atoms with Gasteiger partial charge in [-0.3, -0.25) is 4.79 Å². The van der Waals surface area contributed by atoms with Crippen LogP contribution in [0, 0.1) is 11.8 Å². The number of amides is 1. The van der Waals surface area contributed by atoms with E-state index in [2.05, 4.69) is 17.3 Å². The fourth-order valence-electron chi connectivity index (χ4n) is 3.30. The molecule has 2 fully saturated rings. The van der Waals surface area contributed by atoms with Crippen LogP contribution in [-0.4, -0.2) is 43.5 Å². The lowest BCUT2D eigenvalue weighted by Gasteiger charge is -2.33. The number of nitrogens with one attached hydrogen (secondary N) is 1. The average molecular weight is 253 g/mol. The van der Waals surface area contributed by atoms with Crippen molar-refractivity contribution in [1.82, 2.24) is 10.2 Å². The minimum atomic E-state index is 0.170. The van der Waals surface area contributed by atoms with Gasteiger partial charge in [-0.15, -0.1) is 0 Å². The van der Waals surface area contributed by atoms with E-state index in [1.165, 1.54) is 12.8 Å². The maximum atomic E-state index is 12.3. The molecule has 4 nitrogen and oxygen atoms in total. The van der Waals surface area contributed by atoms with Crippen molar-refractivity contribution in [1.29, 1.82) is 0 Å². The van der Waals surface area contributed by atoms with E-state index in [0.717, 1.165) is 38.8 Å². The first kappa shape index (κ1) is 13.8. The Kier molecular flexibility index (Phi) is 5.01. The molecule has 1 saturated heterocycles. The summed E-state index contributed by atoms with van der Waals surface area (Å²) in [6.45, 7) is 2.84. The topological polar surface area (TPSA) is 58.4 Å². The van der Waals surface area contributed by atoms with Gasteiger partial charge in [0.1, 0.15) is 0 Å². The Labute approximate surface area is 110 Å². The van der Waals surface area contributed by atoms with Gasteiger partial charge in [0.15, 0.2) is 0 Å². The van der Waals surface area contributed by atoms with E-state index in [0.29, 0.717) is 18.5 Å². The Balaban J connectivity index is 1.82. The molecule has 2 aliphatic rings. The van der Waals surface area contributed by atoms with E-state index in [-0.39, 0.29) is 11.8 Å². The molecule has 1 saturated carbocycles. The number of carbonyl (C=O) groups is 1. The zero-order valence-electron chi connectivity index (χ0n) is 11.5. The smallest absolute Gasteiger partial charge is 0.223 e. The lowest BCUT2D eigenvalue weighted by molar-refractivity contribution is -0.128. The van der Waals surface area contributed by atoms with Crippen molar-refractivity contribution in [2.24, 2.45) is 17.6 Å². The molecule has 0 radical (unpaired) electrons. The van der Waals surface area contributed by atoms with E-state index < -0.39 is 0 Å². The maximum Gasteiger partial charge on any atom is 0.223 e. The average Bonchev–Trinajstić information content (AvgIpc) is 2.41. The molecule has 1 aliphatic carbocycles. The molecule has 104 valence electrons. The van der Waals surface area contributed by atoms with Crippen molar-refractivity contribution >= 4 is 5.91 Å². The summed E-state index contributed by atoms with van der Waals surface area (Å²) in [4.78, 5) is 14.7. The molecular weight excluding hydrogens is 226 g/mol. The molecule has 1 heterocycles. The van der Waals surface area contributed by atoms with E-state index in [4.69, 9.17) is 5.73 Å². The molecule has 0 aromatic rings. The van der Waals surface area contributed by atoms with E-state index in [1.54, 1.807) is 0 Å². The van der Waals surface area contributed by atoms with Gasteiger partial charge in [-0.05, 0) is 58.3 Å². The van der Waals surface area contributed by atoms with Gasteiger partial charge in [0, 0.05) is 12.0 Å². The second kappa shape index (κ2) is 6.53. The highest BCUT2D eigenvalue weighted by Gasteiger charge is 2.31. The number of rotatable bonds is 3. The van der Waals surface area contributed by atoms with Crippen molar-refractivity contribution < 1.29 is 4.79 Å². The van der Waals surface area contributed by atoms with Gasteiger partial charge in [-0.1, -0.05) is 12.8 Å². The summed E-state index contributed by atoms with van der Waals surface area (Å²) >= 11 is 0. The van der Waals surface area contributed by atoms with Crippen molar-refractivity contribution in [2.75, 3.05) is 26.7 Å². The van der Waals surface area contributed by atoms with Gasteiger partial charge in [0.2, 0.25) is 5.91 Å². The van der Waals surface area contributed by atoms with Crippen LogP contribution in [0.2, 0.25) is 0 Å². The van der Waals surface area contributed by atoms with Crippen LogP contribution in [-0.2, 0) is 4.79 Å². The molecule has 0 aromatic heterocycles. The third-order valence-corrected chi connectivity index (χ3v) is 4.61. The van der Waals surface area contributed by atoms with Crippen molar-refractivity contribution in [3.05, 3.63) is 0 Å². The molecule has 1 amide bonds. The normalized spacial score (nSPS) is 31.2. The molecule has 2 atom stereocenters. The molecule has 1 aliphatic heterocycles. The number of nitrogens with two attached hydrogens (primary N) is 1. The Morgan fingerprint density at radius 3 is 2.56 bits per heavy atom. The Morgan fingerprint density at radius 1 is 1.22 bits per heavy atom. The zero-order valence-corrected chi connectivity index (χ0v) is 11.5. The second-order valence-corrected chi connectivity index (χ2v) is 5.97. The summed E-state index contributed by atoms with van der Waals surface area (Å²) in [5.41, 5.74) is 5.80. The van der Waals surface area contributed by atoms with Crippen LogP contribution in [0.5, 0.6) is 0 Å². The predicted octanol–water partition coefficient (Wildman–Crippen LogP) is 0.962. The second-order valence-electron chi connectivity index (χ2n) is 5.97. The molecular formula is C14H27N3O. The largest absolute Gasteiger partial charge is 0.353 e. The molecule has 3 N–H and O–H groups in total. The zero-order chi connectivity index (χ0) is 13.0. The van der Waals surface area contributed by atoms with Gasteiger partial charge in [-0.25, -0.2) is 0 Å². The maximum absolute atomic E-state index is 12.3. The van der Waals surface area contributed by atoms with Gasteiger partial charge in [-0.2, -0.15) is 0 Å². The van der Waals surface area contributed by atoms with Crippen LogP contribution in [0.15, 0.2) is 0 Å². The van der Waals surface area contributed by atoms with Crippen molar-refractivity contribution in [2.45, 2.75) is 44.6 Å². The number of piperidine rings is 1. The Bertz CT molecular complexity index is 274. The summed E-state index contributed by atoms with van der Waals surface area (Å²) in [6, 6.07) is 0.383. The molecule has 4 heteroatoms. The minimum absolute atomic E-state index is 0.170. The Hall–Kier alpha value is -0.610. The van der Waals surface area contributed by atoms with Crippen LogP contribution >= 0.6 is 0 Å². The van der Waals surface area contributed by atoms with Crippen molar-refractivity contribution in [3.63, 3.8) is 0 Å². The summed E-state index contributed by atoms with van der Waals surface area (Å²) < 4.78 is 0. The minimum Gasteiger partial charge on any atom is -0.353 e. The van der Waals surface area contributed by atoms with Crippen LogP contribution in [0.3, 0.4) is 0 Å². The molecule has 2 unspecified atom stereocenters. The molecule has 0 aromatic carbocycles. The highest BCUT2D eigenvalue weighted by Crippen LogP contribution is 2.29. The van der Waals surface area contributed by atoms with Gasteiger partial charge < -0.3 is 16.0 Å². The van der Waals surface area contributed by atoms with Crippen LogP contribution in [0.25, 0.3) is 0 Å². The molecule has 18 heavy (non-hydrogen) atoms. The van der Waals surface area contributed by atoms with E-state index >= 15 is 0 Å². The lowest BCUT2D eigenvalue weighted by atomic mass is 9.78. The fraction of sp³-hybridized carbons (Fsp3) is 0.929. The number of nitrogens with zero attached hydrogens (tertiary/aromatic N) is 1. The molecule has 0 spiro atoms. The van der Waals surface area contributed by atoms with E-state index in [9.17, 15) is 4.79 Å². The van der Waals surface area contributed by atoms with Crippen LogP contribution in [0.1, 0.15) is 38.5 Å². The summed E-state index contributed by atoms with van der Waals surface area (Å²) in [5, 5.41) is 3.25. The SMILES string of the molecule is CN1CCC(NC(=O)C2CCCCC2CN)CC1. The van der Waals surface area contributed by atoms with Gasteiger partial charge >= 0.3 is 0 Å². The number of hydrogen-bond donors (Lipinski definition) is 2. The summed E-state index contributed by atoms with van der Waals surface area (Å²) in [7, 11) is 2.14. The number of likely N-dealkylation sites (tertiary alicyclic amines) is 1.